The third-order valence-electron chi connectivity index (χ3n) is 4.87. The number of ether oxygens (including phenoxy) is 1. The number of nitrogens with zero attached hydrogens (tertiary/aromatic N) is 2. The molecule has 0 fully saturated rings. The second-order valence-electron chi connectivity index (χ2n) is 6.65. The molecule has 0 amide bonds. The van der Waals surface area contributed by atoms with Crippen molar-refractivity contribution in [3.05, 3.63) is 39.8 Å². The lowest BCUT2D eigenvalue weighted by Gasteiger charge is -2.11. The Bertz CT molecular complexity index is 1030. The van der Waals surface area contributed by atoms with Crippen molar-refractivity contribution in [2.24, 2.45) is 0 Å². The van der Waals surface area contributed by atoms with Gasteiger partial charge in [0.2, 0.25) is 0 Å². The van der Waals surface area contributed by atoms with Gasteiger partial charge in [-0.15, -0.1) is 11.3 Å². The van der Waals surface area contributed by atoms with E-state index >= 15 is 0 Å². The predicted octanol–water partition coefficient (Wildman–Crippen LogP) is 4.66. The molecular formula is C20H21N3O2S2. The molecule has 0 atom stereocenters. The fraction of sp³-hybridized carbons (Fsp3) is 0.350. The first kappa shape index (κ1) is 18.3. The number of nitrogens with two attached hydrogens (primary N) is 1. The van der Waals surface area contributed by atoms with E-state index in [-0.39, 0.29) is 5.78 Å². The number of thiophene rings is 1. The standard InChI is InChI=1S/C20H21N3O2S2/c1-11(24)12-7-8-15(25-2)13(9-12)10-26-20-22-18(21)17-14-5-3-4-6-16(14)27-19(17)23-20/h7-9H,3-6,10H2,1-2H3,(H2,21,22,23). The van der Waals surface area contributed by atoms with Crippen molar-refractivity contribution >= 4 is 44.9 Å². The number of aryl methyl sites for hydroxylation is 2. The number of fused-ring (bicyclic) bond motifs is 3. The molecule has 2 N–H and O–H groups in total. The Hall–Kier alpha value is -2.12. The van der Waals surface area contributed by atoms with Crippen LogP contribution in [0.5, 0.6) is 5.75 Å². The quantitative estimate of drug-likeness (QED) is 0.382. The summed E-state index contributed by atoms with van der Waals surface area (Å²) < 4.78 is 5.43. The first-order chi connectivity index (χ1) is 13.1. The molecule has 1 aromatic carbocycles. The third kappa shape index (κ3) is 3.53. The van der Waals surface area contributed by atoms with Crippen LogP contribution in [-0.2, 0) is 18.6 Å². The summed E-state index contributed by atoms with van der Waals surface area (Å²) in [6.07, 6.45) is 4.64. The first-order valence-electron chi connectivity index (χ1n) is 8.95. The van der Waals surface area contributed by atoms with Crippen LogP contribution in [0.3, 0.4) is 0 Å². The van der Waals surface area contributed by atoms with Crippen molar-refractivity contribution < 1.29 is 9.53 Å². The number of rotatable bonds is 5. The van der Waals surface area contributed by atoms with Gasteiger partial charge in [0.15, 0.2) is 10.9 Å². The Morgan fingerprint density at radius 1 is 1.30 bits per heavy atom. The van der Waals surface area contributed by atoms with Crippen molar-refractivity contribution in [1.82, 2.24) is 9.97 Å². The lowest BCUT2D eigenvalue weighted by atomic mass is 9.97. The van der Waals surface area contributed by atoms with E-state index in [0.717, 1.165) is 34.4 Å². The molecule has 0 saturated heterocycles. The van der Waals surface area contributed by atoms with E-state index in [1.807, 2.05) is 12.1 Å². The largest absolute Gasteiger partial charge is 0.496 e. The average molecular weight is 400 g/mol. The first-order valence-corrected chi connectivity index (χ1v) is 10.8. The highest BCUT2D eigenvalue weighted by atomic mass is 32.2. The molecule has 27 heavy (non-hydrogen) atoms. The van der Waals surface area contributed by atoms with Gasteiger partial charge in [-0.3, -0.25) is 4.79 Å². The maximum Gasteiger partial charge on any atom is 0.191 e. The molecule has 4 rings (SSSR count). The lowest BCUT2D eigenvalue weighted by Crippen LogP contribution is -2.01. The SMILES string of the molecule is COc1ccc(C(C)=O)cc1CSc1nc(N)c2c3c(sc2n1)CCCC3. The number of thioether (sulfide) groups is 1. The molecule has 1 aliphatic carbocycles. The van der Waals surface area contributed by atoms with Gasteiger partial charge in [-0.05, 0) is 56.4 Å². The van der Waals surface area contributed by atoms with E-state index in [4.69, 9.17) is 15.5 Å². The van der Waals surface area contributed by atoms with Gasteiger partial charge in [-0.25, -0.2) is 9.97 Å². The second-order valence-corrected chi connectivity index (χ2v) is 8.68. The molecule has 140 valence electrons. The van der Waals surface area contributed by atoms with Gasteiger partial charge in [0.05, 0.1) is 12.5 Å². The van der Waals surface area contributed by atoms with E-state index in [1.54, 1.807) is 31.4 Å². The minimum atomic E-state index is 0.0370. The summed E-state index contributed by atoms with van der Waals surface area (Å²) in [6.45, 7) is 1.56. The molecule has 1 aliphatic rings. The molecule has 0 radical (unpaired) electrons. The number of methoxy groups -OCH3 is 1. The van der Waals surface area contributed by atoms with Crippen LogP contribution in [0.2, 0.25) is 0 Å². The van der Waals surface area contributed by atoms with Crippen molar-refractivity contribution in [3.63, 3.8) is 0 Å². The summed E-state index contributed by atoms with van der Waals surface area (Å²) in [5.41, 5.74) is 9.26. The van der Waals surface area contributed by atoms with Crippen LogP contribution in [0.1, 0.15) is 46.1 Å². The average Bonchev–Trinajstić information content (AvgIpc) is 3.04. The zero-order valence-corrected chi connectivity index (χ0v) is 17.0. The van der Waals surface area contributed by atoms with Gasteiger partial charge in [0.1, 0.15) is 16.4 Å². The number of carbonyl (C=O) groups excluding carboxylic acids is 1. The summed E-state index contributed by atoms with van der Waals surface area (Å²) in [7, 11) is 1.63. The van der Waals surface area contributed by atoms with Crippen molar-refractivity contribution in [2.75, 3.05) is 12.8 Å². The number of hydrogen-bond donors (Lipinski definition) is 1. The number of carbonyl (C=O) groups is 1. The number of nitrogen functional groups attached to an aromatic ring is 1. The molecule has 0 aliphatic heterocycles. The monoisotopic (exact) mass is 399 g/mol. The Kier molecular flexibility index (Phi) is 5.06. The van der Waals surface area contributed by atoms with E-state index < -0.39 is 0 Å². The fourth-order valence-corrected chi connectivity index (χ4v) is 5.64. The maximum absolute atomic E-state index is 11.7. The van der Waals surface area contributed by atoms with Crippen LogP contribution in [-0.4, -0.2) is 22.9 Å². The number of ketones is 1. The van der Waals surface area contributed by atoms with Crippen LogP contribution in [0.15, 0.2) is 23.4 Å². The topological polar surface area (TPSA) is 78.1 Å². The molecule has 2 aromatic heterocycles. The third-order valence-corrected chi connectivity index (χ3v) is 6.95. The van der Waals surface area contributed by atoms with Gasteiger partial charge in [0.25, 0.3) is 0 Å². The van der Waals surface area contributed by atoms with E-state index in [9.17, 15) is 4.79 Å². The van der Waals surface area contributed by atoms with Crippen LogP contribution in [0, 0.1) is 0 Å². The van der Waals surface area contributed by atoms with Crippen molar-refractivity contribution in [2.45, 2.75) is 43.5 Å². The van der Waals surface area contributed by atoms with Gasteiger partial charge < -0.3 is 10.5 Å². The minimum Gasteiger partial charge on any atom is -0.496 e. The number of benzene rings is 1. The zero-order chi connectivity index (χ0) is 19.0. The molecule has 0 unspecified atom stereocenters. The maximum atomic E-state index is 11.7. The normalized spacial score (nSPS) is 13.6. The second kappa shape index (κ2) is 7.48. The molecule has 3 aromatic rings. The number of hydrogen-bond acceptors (Lipinski definition) is 7. The van der Waals surface area contributed by atoms with E-state index in [1.165, 1.54) is 35.0 Å². The summed E-state index contributed by atoms with van der Waals surface area (Å²) in [5, 5.41) is 1.71. The van der Waals surface area contributed by atoms with Crippen LogP contribution >= 0.6 is 23.1 Å². The van der Waals surface area contributed by atoms with Crippen molar-refractivity contribution in [1.29, 1.82) is 0 Å². The molecule has 0 saturated carbocycles. The van der Waals surface area contributed by atoms with Gasteiger partial charge in [-0.1, -0.05) is 11.8 Å². The van der Waals surface area contributed by atoms with Crippen molar-refractivity contribution in [3.8, 4) is 5.75 Å². The number of anilines is 1. The fourth-order valence-electron chi connectivity index (χ4n) is 3.48. The highest BCUT2D eigenvalue weighted by Gasteiger charge is 2.20. The molecule has 5 nitrogen and oxygen atoms in total. The zero-order valence-electron chi connectivity index (χ0n) is 15.4. The lowest BCUT2D eigenvalue weighted by molar-refractivity contribution is 0.101. The number of aromatic nitrogens is 2. The minimum absolute atomic E-state index is 0.0370. The van der Waals surface area contributed by atoms with Crippen LogP contribution < -0.4 is 10.5 Å². The molecular weight excluding hydrogens is 378 g/mol. The van der Waals surface area contributed by atoms with Gasteiger partial charge >= 0.3 is 0 Å². The molecule has 0 spiro atoms. The summed E-state index contributed by atoms with van der Waals surface area (Å²) in [4.78, 5) is 23.4. The highest BCUT2D eigenvalue weighted by molar-refractivity contribution is 7.98. The smallest absolute Gasteiger partial charge is 0.191 e. The molecule has 0 bridgehead atoms. The van der Waals surface area contributed by atoms with E-state index in [0.29, 0.717) is 22.3 Å². The Balaban J connectivity index is 1.63. The molecule has 2 heterocycles. The number of Topliss-reactive ketones (excluding diaryl/α,β-unsaturated/α-hetero) is 1. The summed E-state index contributed by atoms with van der Waals surface area (Å²) in [5.74, 6) is 1.98. The highest BCUT2D eigenvalue weighted by Crippen LogP contribution is 2.39. The Labute approximate surface area is 166 Å². The van der Waals surface area contributed by atoms with E-state index in [2.05, 4.69) is 4.98 Å². The van der Waals surface area contributed by atoms with Gasteiger partial charge in [0, 0.05) is 21.8 Å². The Morgan fingerprint density at radius 3 is 2.89 bits per heavy atom. The van der Waals surface area contributed by atoms with Crippen LogP contribution in [0.25, 0.3) is 10.2 Å². The van der Waals surface area contributed by atoms with Crippen LogP contribution in [0.4, 0.5) is 5.82 Å². The van der Waals surface area contributed by atoms with Gasteiger partial charge in [-0.2, -0.15) is 0 Å². The molecule has 7 heteroatoms. The summed E-state index contributed by atoms with van der Waals surface area (Å²) in [6, 6.07) is 5.49. The predicted molar refractivity (Wildman–Crippen MR) is 111 cm³/mol. The summed E-state index contributed by atoms with van der Waals surface area (Å²) >= 11 is 3.26. The Morgan fingerprint density at radius 2 is 2.11 bits per heavy atom.